The molecule has 0 aromatic carbocycles. The number of hydrogen-bond donors (Lipinski definition) is 1. The summed E-state index contributed by atoms with van der Waals surface area (Å²) in [6.07, 6.45) is 9.77. The van der Waals surface area contributed by atoms with Gasteiger partial charge in [-0.25, -0.2) is 0 Å². The standard InChI is InChI=1S/C13H20N2O/c1-15-10-12(8-9-13(15)16)14-11-6-4-2-3-5-7-11/h8-11,14H,2-7H2,1H3. The average molecular weight is 220 g/mol. The first-order valence-electron chi connectivity index (χ1n) is 6.19. The van der Waals surface area contributed by atoms with Gasteiger partial charge in [0.25, 0.3) is 0 Å². The molecule has 1 fully saturated rings. The number of aromatic nitrogens is 1. The fraction of sp³-hybridized carbons (Fsp3) is 0.615. The third-order valence-electron chi connectivity index (χ3n) is 3.31. The lowest BCUT2D eigenvalue weighted by Crippen LogP contribution is -2.21. The summed E-state index contributed by atoms with van der Waals surface area (Å²) in [5, 5.41) is 3.53. The lowest BCUT2D eigenvalue weighted by atomic mass is 10.1. The largest absolute Gasteiger partial charge is 0.381 e. The zero-order valence-electron chi connectivity index (χ0n) is 9.91. The first-order chi connectivity index (χ1) is 7.75. The Bertz CT molecular complexity index is 389. The highest BCUT2D eigenvalue weighted by atomic mass is 16.1. The van der Waals surface area contributed by atoms with Crippen LogP contribution in [-0.4, -0.2) is 10.6 Å². The molecule has 3 heteroatoms. The van der Waals surface area contributed by atoms with Crippen molar-refractivity contribution in [2.45, 2.75) is 44.6 Å². The SMILES string of the molecule is Cn1cc(NC2CCCCCC2)ccc1=O. The Morgan fingerprint density at radius 3 is 2.50 bits per heavy atom. The van der Waals surface area contributed by atoms with E-state index in [2.05, 4.69) is 5.32 Å². The monoisotopic (exact) mass is 220 g/mol. The number of rotatable bonds is 2. The van der Waals surface area contributed by atoms with Crippen LogP contribution >= 0.6 is 0 Å². The molecule has 1 aliphatic rings. The van der Waals surface area contributed by atoms with Gasteiger partial charge >= 0.3 is 0 Å². The predicted octanol–water partition coefficient (Wildman–Crippen LogP) is 2.52. The van der Waals surface area contributed by atoms with E-state index in [0.29, 0.717) is 6.04 Å². The maximum atomic E-state index is 11.3. The van der Waals surface area contributed by atoms with Crippen LogP contribution in [0.15, 0.2) is 23.1 Å². The smallest absolute Gasteiger partial charge is 0.250 e. The first kappa shape index (κ1) is 11.2. The summed E-state index contributed by atoms with van der Waals surface area (Å²) in [6.45, 7) is 0. The molecule has 1 aromatic rings. The van der Waals surface area contributed by atoms with Crippen molar-refractivity contribution in [3.8, 4) is 0 Å². The van der Waals surface area contributed by atoms with Crippen molar-refractivity contribution in [3.63, 3.8) is 0 Å². The molecule has 0 bridgehead atoms. The van der Waals surface area contributed by atoms with E-state index >= 15 is 0 Å². The molecule has 3 nitrogen and oxygen atoms in total. The van der Waals surface area contributed by atoms with E-state index in [9.17, 15) is 4.79 Å². The van der Waals surface area contributed by atoms with Crippen LogP contribution in [0.5, 0.6) is 0 Å². The second-order valence-corrected chi connectivity index (χ2v) is 4.70. The van der Waals surface area contributed by atoms with Gasteiger partial charge in [-0.15, -0.1) is 0 Å². The van der Waals surface area contributed by atoms with Gasteiger partial charge in [0.15, 0.2) is 0 Å². The van der Waals surface area contributed by atoms with Crippen LogP contribution in [0, 0.1) is 0 Å². The van der Waals surface area contributed by atoms with Crippen molar-refractivity contribution >= 4 is 5.69 Å². The lowest BCUT2D eigenvalue weighted by molar-refractivity contribution is 0.619. The van der Waals surface area contributed by atoms with Gasteiger partial charge in [0.1, 0.15) is 0 Å². The quantitative estimate of drug-likeness (QED) is 0.777. The molecule has 1 aliphatic carbocycles. The summed E-state index contributed by atoms with van der Waals surface area (Å²) >= 11 is 0. The van der Waals surface area contributed by atoms with Crippen LogP contribution in [-0.2, 0) is 7.05 Å². The van der Waals surface area contributed by atoms with Crippen molar-refractivity contribution in [1.29, 1.82) is 0 Å². The van der Waals surface area contributed by atoms with E-state index in [1.165, 1.54) is 38.5 Å². The maximum absolute atomic E-state index is 11.3. The van der Waals surface area contributed by atoms with Gasteiger partial charge < -0.3 is 9.88 Å². The van der Waals surface area contributed by atoms with E-state index in [1.54, 1.807) is 17.7 Å². The summed E-state index contributed by atoms with van der Waals surface area (Å²) in [7, 11) is 1.79. The van der Waals surface area contributed by atoms with Gasteiger partial charge in [0.2, 0.25) is 5.56 Å². The predicted molar refractivity (Wildman–Crippen MR) is 66.8 cm³/mol. The summed E-state index contributed by atoms with van der Waals surface area (Å²) in [5.74, 6) is 0. The summed E-state index contributed by atoms with van der Waals surface area (Å²) < 4.78 is 1.62. The van der Waals surface area contributed by atoms with Gasteiger partial charge in [0, 0.05) is 25.4 Å². The van der Waals surface area contributed by atoms with Gasteiger partial charge in [-0.05, 0) is 18.9 Å². The number of nitrogens with zero attached hydrogens (tertiary/aromatic N) is 1. The fourth-order valence-corrected chi connectivity index (χ4v) is 2.34. The molecule has 0 atom stereocenters. The second kappa shape index (κ2) is 5.19. The van der Waals surface area contributed by atoms with Crippen LogP contribution in [0.1, 0.15) is 38.5 Å². The molecular formula is C13H20N2O. The third kappa shape index (κ3) is 2.87. The Balaban J connectivity index is 2.02. The van der Waals surface area contributed by atoms with Crippen LogP contribution in [0.4, 0.5) is 5.69 Å². The van der Waals surface area contributed by atoms with E-state index in [4.69, 9.17) is 0 Å². The number of anilines is 1. The van der Waals surface area contributed by atoms with E-state index < -0.39 is 0 Å². The highest BCUT2D eigenvalue weighted by molar-refractivity contribution is 5.41. The molecule has 1 saturated carbocycles. The van der Waals surface area contributed by atoms with Crippen molar-refractivity contribution in [2.75, 3.05) is 5.32 Å². The van der Waals surface area contributed by atoms with Crippen LogP contribution < -0.4 is 10.9 Å². The highest BCUT2D eigenvalue weighted by Gasteiger charge is 2.11. The molecule has 88 valence electrons. The first-order valence-corrected chi connectivity index (χ1v) is 6.19. The Labute approximate surface area is 96.5 Å². The van der Waals surface area contributed by atoms with Crippen molar-refractivity contribution < 1.29 is 0 Å². The normalized spacial score (nSPS) is 18.1. The molecule has 0 radical (unpaired) electrons. The Morgan fingerprint density at radius 2 is 1.88 bits per heavy atom. The summed E-state index contributed by atoms with van der Waals surface area (Å²) in [5.41, 5.74) is 1.11. The Hall–Kier alpha value is -1.25. The molecule has 0 spiro atoms. The Kier molecular flexibility index (Phi) is 3.65. The minimum Gasteiger partial charge on any atom is -0.381 e. The van der Waals surface area contributed by atoms with Crippen molar-refractivity contribution in [3.05, 3.63) is 28.7 Å². The molecule has 1 N–H and O–H groups in total. The zero-order chi connectivity index (χ0) is 11.4. The van der Waals surface area contributed by atoms with Crippen molar-refractivity contribution in [2.24, 2.45) is 7.05 Å². The number of hydrogen-bond acceptors (Lipinski definition) is 2. The maximum Gasteiger partial charge on any atom is 0.250 e. The van der Waals surface area contributed by atoms with E-state index in [0.717, 1.165) is 5.69 Å². The summed E-state index contributed by atoms with van der Waals surface area (Å²) in [4.78, 5) is 11.3. The molecule has 0 amide bonds. The molecular weight excluding hydrogens is 200 g/mol. The van der Waals surface area contributed by atoms with Crippen LogP contribution in [0.25, 0.3) is 0 Å². The lowest BCUT2D eigenvalue weighted by Gasteiger charge is -2.17. The molecule has 2 rings (SSSR count). The minimum absolute atomic E-state index is 0.0476. The Morgan fingerprint density at radius 1 is 1.19 bits per heavy atom. The number of nitrogens with one attached hydrogen (secondary N) is 1. The number of pyridine rings is 1. The van der Waals surface area contributed by atoms with E-state index in [1.807, 2.05) is 12.3 Å². The summed E-state index contributed by atoms with van der Waals surface area (Å²) in [6, 6.07) is 4.09. The molecule has 0 saturated heterocycles. The van der Waals surface area contributed by atoms with Gasteiger partial charge in [-0.1, -0.05) is 25.7 Å². The third-order valence-corrected chi connectivity index (χ3v) is 3.31. The van der Waals surface area contributed by atoms with Gasteiger partial charge in [-0.3, -0.25) is 4.79 Å². The van der Waals surface area contributed by atoms with Gasteiger partial charge in [-0.2, -0.15) is 0 Å². The van der Waals surface area contributed by atoms with Crippen molar-refractivity contribution in [1.82, 2.24) is 4.57 Å². The second-order valence-electron chi connectivity index (χ2n) is 4.70. The highest BCUT2D eigenvalue weighted by Crippen LogP contribution is 2.20. The molecule has 1 heterocycles. The van der Waals surface area contributed by atoms with Gasteiger partial charge in [0.05, 0.1) is 5.69 Å². The molecule has 16 heavy (non-hydrogen) atoms. The topological polar surface area (TPSA) is 34.0 Å². The minimum atomic E-state index is 0.0476. The molecule has 0 aliphatic heterocycles. The average Bonchev–Trinajstić information content (AvgIpc) is 2.52. The van der Waals surface area contributed by atoms with E-state index in [-0.39, 0.29) is 5.56 Å². The number of aryl methyl sites for hydroxylation is 1. The van der Waals surface area contributed by atoms with Crippen LogP contribution in [0.3, 0.4) is 0 Å². The fourth-order valence-electron chi connectivity index (χ4n) is 2.34. The molecule has 1 aromatic heterocycles. The van der Waals surface area contributed by atoms with Crippen LogP contribution in [0.2, 0.25) is 0 Å². The molecule has 0 unspecified atom stereocenters. The zero-order valence-corrected chi connectivity index (χ0v) is 9.91.